The molecular formula is C11H15N3. The molecule has 0 aliphatic rings. The zero-order chi connectivity index (χ0) is 10.4. The molecule has 0 bridgehead atoms. The van der Waals surface area contributed by atoms with Gasteiger partial charge in [0.2, 0.25) is 0 Å². The number of benzene rings is 1. The zero-order valence-electron chi connectivity index (χ0n) is 8.81. The van der Waals surface area contributed by atoms with Crippen LogP contribution in [0.15, 0.2) is 36.7 Å². The average molecular weight is 189 g/mol. The van der Waals surface area contributed by atoms with Crippen LogP contribution in [0.2, 0.25) is 0 Å². The molecule has 0 aliphatic carbocycles. The maximum Gasteiger partial charge on any atom is 0.0886 e. The summed E-state index contributed by atoms with van der Waals surface area (Å²) < 4.78 is 0. The van der Waals surface area contributed by atoms with Gasteiger partial charge < -0.3 is 4.90 Å². The van der Waals surface area contributed by atoms with Crippen LogP contribution >= 0.6 is 0 Å². The van der Waals surface area contributed by atoms with Gasteiger partial charge in [0.1, 0.15) is 0 Å². The van der Waals surface area contributed by atoms with E-state index in [4.69, 9.17) is 0 Å². The lowest BCUT2D eigenvalue weighted by molar-refractivity contribution is 0.505. The van der Waals surface area contributed by atoms with Gasteiger partial charge >= 0.3 is 0 Å². The van der Waals surface area contributed by atoms with Crippen molar-refractivity contribution in [1.29, 1.82) is 0 Å². The van der Waals surface area contributed by atoms with E-state index >= 15 is 0 Å². The summed E-state index contributed by atoms with van der Waals surface area (Å²) in [6, 6.07) is 7.80. The topological polar surface area (TPSA) is 29.0 Å². The number of rotatable bonds is 0. The lowest BCUT2D eigenvalue weighted by atomic mass is 10.3. The van der Waals surface area contributed by atoms with E-state index in [1.54, 1.807) is 12.4 Å². The van der Waals surface area contributed by atoms with Crippen molar-refractivity contribution >= 4 is 11.0 Å². The van der Waals surface area contributed by atoms with Gasteiger partial charge in [0.25, 0.3) is 0 Å². The first kappa shape index (κ1) is 10.6. The number of hydrogen-bond acceptors (Lipinski definition) is 3. The van der Waals surface area contributed by atoms with E-state index < -0.39 is 0 Å². The summed E-state index contributed by atoms with van der Waals surface area (Å²) >= 11 is 0. The van der Waals surface area contributed by atoms with Gasteiger partial charge in [-0.05, 0) is 33.3 Å². The number of aromatic nitrogens is 2. The van der Waals surface area contributed by atoms with Crippen molar-refractivity contribution in [1.82, 2.24) is 14.9 Å². The minimum Gasteiger partial charge on any atom is -0.312 e. The quantitative estimate of drug-likeness (QED) is 0.633. The van der Waals surface area contributed by atoms with E-state index in [2.05, 4.69) is 9.97 Å². The summed E-state index contributed by atoms with van der Waals surface area (Å²) in [5.41, 5.74) is 1.90. The van der Waals surface area contributed by atoms with Gasteiger partial charge in [0, 0.05) is 12.4 Å². The van der Waals surface area contributed by atoms with E-state index in [-0.39, 0.29) is 0 Å². The van der Waals surface area contributed by atoms with Crippen LogP contribution in [-0.2, 0) is 0 Å². The lowest BCUT2D eigenvalue weighted by Gasteiger charge is -1.90. The largest absolute Gasteiger partial charge is 0.312 e. The molecule has 74 valence electrons. The molecule has 0 amide bonds. The van der Waals surface area contributed by atoms with Crippen molar-refractivity contribution in [2.45, 2.75) is 0 Å². The molecule has 0 saturated heterocycles. The van der Waals surface area contributed by atoms with Gasteiger partial charge in [-0.3, -0.25) is 9.97 Å². The van der Waals surface area contributed by atoms with E-state index in [9.17, 15) is 0 Å². The highest BCUT2D eigenvalue weighted by molar-refractivity contribution is 5.72. The Morgan fingerprint density at radius 3 is 1.57 bits per heavy atom. The van der Waals surface area contributed by atoms with Crippen LogP contribution in [0, 0.1) is 0 Å². The number of nitrogens with zero attached hydrogens (tertiary/aromatic N) is 3. The van der Waals surface area contributed by atoms with Crippen molar-refractivity contribution in [2.24, 2.45) is 0 Å². The minimum atomic E-state index is 0.949. The van der Waals surface area contributed by atoms with E-state index in [1.165, 1.54) is 0 Å². The third-order valence-electron chi connectivity index (χ3n) is 1.38. The monoisotopic (exact) mass is 189 g/mol. The second-order valence-electron chi connectivity index (χ2n) is 3.39. The van der Waals surface area contributed by atoms with Crippen LogP contribution in [0.4, 0.5) is 0 Å². The number of hydrogen-bond donors (Lipinski definition) is 0. The Hall–Kier alpha value is -1.48. The highest BCUT2D eigenvalue weighted by atomic mass is 15.0. The van der Waals surface area contributed by atoms with Gasteiger partial charge in [0.15, 0.2) is 0 Å². The second kappa shape index (κ2) is 5.29. The Labute approximate surface area is 84.4 Å². The van der Waals surface area contributed by atoms with Gasteiger partial charge in [-0.1, -0.05) is 12.1 Å². The van der Waals surface area contributed by atoms with Gasteiger partial charge in [-0.15, -0.1) is 0 Å². The molecule has 2 rings (SSSR count). The Balaban J connectivity index is 0.000000213. The summed E-state index contributed by atoms with van der Waals surface area (Å²) in [4.78, 5) is 10.2. The standard InChI is InChI=1S/C8H6N2.C3H9N/c1-2-4-8-7(3-1)9-5-6-10-8;1-4(2)3/h1-6H;1-3H3. The van der Waals surface area contributed by atoms with E-state index in [0.717, 1.165) is 11.0 Å². The van der Waals surface area contributed by atoms with Crippen molar-refractivity contribution in [2.75, 3.05) is 21.1 Å². The molecule has 1 aromatic heterocycles. The fourth-order valence-electron chi connectivity index (χ4n) is 0.910. The third-order valence-corrected chi connectivity index (χ3v) is 1.38. The Kier molecular flexibility index (Phi) is 4.01. The number of fused-ring (bicyclic) bond motifs is 1. The Morgan fingerprint density at radius 1 is 0.857 bits per heavy atom. The first-order valence-electron chi connectivity index (χ1n) is 4.47. The van der Waals surface area contributed by atoms with Gasteiger partial charge in [-0.25, -0.2) is 0 Å². The summed E-state index contributed by atoms with van der Waals surface area (Å²) in [6.45, 7) is 0. The third kappa shape index (κ3) is 3.49. The highest BCUT2D eigenvalue weighted by Gasteiger charge is 1.88. The summed E-state index contributed by atoms with van der Waals surface area (Å²) in [5, 5.41) is 0. The Bertz CT molecular complexity index is 317. The summed E-state index contributed by atoms with van der Waals surface area (Å²) in [7, 11) is 6.00. The van der Waals surface area contributed by atoms with E-state index in [1.807, 2.05) is 50.3 Å². The maximum atomic E-state index is 4.12. The molecule has 1 aromatic carbocycles. The molecule has 0 unspecified atom stereocenters. The molecule has 0 N–H and O–H groups in total. The molecule has 0 aliphatic heterocycles. The van der Waals surface area contributed by atoms with Crippen molar-refractivity contribution in [3.8, 4) is 0 Å². The molecule has 1 heterocycles. The molecule has 14 heavy (non-hydrogen) atoms. The molecule has 3 nitrogen and oxygen atoms in total. The Morgan fingerprint density at radius 2 is 1.21 bits per heavy atom. The first-order valence-corrected chi connectivity index (χ1v) is 4.47. The second-order valence-corrected chi connectivity index (χ2v) is 3.39. The van der Waals surface area contributed by atoms with Crippen LogP contribution in [0.25, 0.3) is 11.0 Å². The van der Waals surface area contributed by atoms with Gasteiger partial charge in [0.05, 0.1) is 11.0 Å². The van der Waals surface area contributed by atoms with Crippen LogP contribution in [0.5, 0.6) is 0 Å². The predicted octanol–water partition coefficient (Wildman–Crippen LogP) is 1.81. The average Bonchev–Trinajstić information content (AvgIpc) is 2.17. The van der Waals surface area contributed by atoms with Crippen LogP contribution in [-0.4, -0.2) is 36.0 Å². The smallest absolute Gasteiger partial charge is 0.0886 e. The molecule has 3 heteroatoms. The molecule has 0 atom stereocenters. The van der Waals surface area contributed by atoms with Crippen molar-refractivity contribution < 1.29 is 0 Å². The summed E-state index contributed by atoms with van der Waals surface area (Å²) in [5.74, 6) is 0. The van der Waals surface area contributed by atoms with Crippen molar-refractivity contribution in [3.05, 3.63) is 36.7 Å². The molecular weight excluding hydrogens is 174 g/mol. The van der Waals surface area contributed by atoms with Crippen molar-refractivity contribution in [3.63, 3.8) is 0 Å². The molecule has 0 fully saturated rings. The lowest BCUT2D eigenvalue weighted by Crippen LogP contribution is -1.99. The molecule has 0 radical (unpaired) electrons. The van der Waals surface area contributed by atoms with Gasteiger partial charge in [-0.2, -0.15) is 0 Å². The maximum absolute atomic E-state index is 4.12. The fraction of sp³-hybridized carbons (Fsp3) is 0.273. The number of para-hydroxylation sites is 2. The van der Waals surface area contributed by atoms with Crippen LogP contribution < -0.4 is 0 Å². The SMILES string of the molecule is CN(C)C.c1ccc2nccnc2c1. The minimum absolute atomic E-state index is 0.949. The predicted molar refractivity (Wildman–Crippen MR) is 59.1 cm³/mol. The van der Waals surface area contributed by atoms with Crippen LogP contribution in [0.1, 0.15) is 0 Å². The molecule has 0 saturated carbocycles. The molecule has 0 spiro atoms. The van der Waals surface area contributed by atoms with Crippen LogP contribution in [0.3, 0.4) is 0 Å². The highest BCUT2D eigenvalue weighted by Crippen LogP contribution is 2.04. The fourth-order valence-corrected chi connectivity index (χ4v) is 0.910. The normalized spacial score (nSPS) is 9.71. The van der Waals surface area contributed by atoms with E-state index in [0.29, 0.717) is 0 Å². The summed E-state index contributed by atoms with van der Waals surface area (Å²) in [6.07, 6.45) is 3.39. The molecule has 2 aromatic rings. The zero-order valence-corrected chi connectivity index (χ0v) is 8.81. The first-order chi connectivity index (χ1) is 6.70.